The van der Waals surface area contributed by atoms with Gasteiger partial charge in [0.15, 0.2) is 0 Å². The first-order chi connectivity index (χ1) is 9.63. The second-order valence-electron chi connectivity index (χ2n) is 4.43. The quantitative estimate of drug-likeness (QED) is 0.771. The molecule has 0 bridgehead atoms. The van der Waals surface area contributed by atoms with Crippen LogP contribution in [-0.4, -0.2) is 15.2 Å². The number of halogens is 1. The number of aromatic hydroxyl groups is 1. The highest BCUT2D eigenvalue weighted by atomic mass is 35.5. The lowest BCUT2D eigenvalue weighted by Gasteiger charge is -1.98. The third-order valence-corrected chi connectivity index (χ3v) is 3.38. The van der Waals surface area contributed by atoms with Crippen molar-refractivity contribution in [3.05, 3.63) is 53.1 Å². The maximum Gasteiger partial charge on any atom is 0.258 e. The van der Waals surface area contributed by atoms with E-state index < -0.39 is 0 Å². The molecule has 5 heteroatoms. The molecule has 0 fully saturated rings. The van der Waals surface area contributed by atoms with Crippen LogP contribution in [0.25, 0.3) is 22.8 Å². The lowest BCUT2D eigenvalue weighted by atomic mass is 10.1. The molecule has 2 aromatic carbocycles. The first-order valence-electron chi connectivity index (χ1n) is 6.03. The minimum absolute atomic E-state index is 0.200. The van der Waals surface area contributed by atoms with Gasteiger partial charge in [-0.3, -0.25) is 0 Å². The standard InChI is InChI=1S/C15H11ClN2O2/c1-9-8-11(4-7-13(9)16)15-17-14(18-20-15)10-2-5-12(19)6-3-10/h2-8,19H,1H3. The zero-order valence-corrected chi connectivity index (χ0v) is 11.4. The second-order valence-corrected chi connectivity index (χ2v) is 4.84. The Balaban J connectivity index is 1.97. The Morgan fingerprint density at radius 3 is 2.45 bits per heavy atom. The smallest absolute Gasteiger partial charge is 0.258 e. The van der Waals surface area contributed by atoms with E-state index in [1.807, 2.05) is 19.1 Å². The fourth-order valence-corrected chi connectivity index (χ4v) is 1.96. The van der Waals surface area contributed by atoms with Gasteiger partial charge < -0.3 is 9.63 Å². The van der Waals surface area contributed by atoms with Crippen molar-refractivity contribution in [1.82, 2.24) is 10.1 Å². The van der Waals surface area contributed by atoms with Crippen molar-refractivity contribution < 1.29 is 9.63 Å². The molecule has 0 unspecified atom stereocenters. The van der Waals surface area contributed by atoms with Crippen LogP contribution in [0, 0.1) is 6.92 Å². The molecule has 0 radical (unpaired) electrons. The molecule has 1 N–H and O–H groups in total. The molecule has 0 saturated carbocycles. The first-order valence-corrected chi connectivity index (χ1v) is 6.41. The van der Waals surface area contributed by atoms with Gasteiger partial charge in [0.25, 0.3) is 5.89 Å². The lowest BCUT2D eigenvalue weighted by molar-refractivity contribution is 0.432. The molecule has 3 rings (SSSR count). The molecule has 0 spiro atoms. The lowest BCUT2D eigenvalue weighted by Crippen LogP contribution is -1.82. The summed E-state index contributed by atoms with van der Waals surface area (Å²) in [5.74, 6) is 1.12. The van der Waals surface area contributed by atoms with Gasteiger partial charge in [-0.1, -0.05) is 16.8 Å². The van der Waals surface area contributed by atoms with E-state index in [1.165, 1.54) is 0 Å². The highest BCUT2D eigenvalue weighted by molar-refractivity contribution is 6.31. The molecule has 4 nitrogen and oxygen atoms in total. The molecule has 0 aliphatic heterocycles. The Bertz CT molecular complexity index is 751. The van der Waals surface area contributed by atoms with Crippen LogP contribution >= 0.6 is 11.6 Å². The second kappa shape index (κ2) is 4.98. The van der Waals surface area contributed by atoms with Gasteiger partial charge in [0.05, 0.1) is 0 Å². The number of nitrogens with zero attached hydrogens (tertiary/aromatic N) is 2. The number of benzene rings is 2. The summed E-state index contributed by atoms with van der Waals surface area (Å²) in [4.78, 5) is 4.35. The molecule has 0 aliphatic rings. The molecular weight excluding hydrogens is 276 g/mol. The van der Waals surface area contributed by atoms with E-state index >= 15 is 0 Å². The molecule has 1 aromatic heterocycles. The maximum atomic E-state index is 9.27. The Kier molecular flexibility index (Phi) is 3.16. The van der Waals surface area contributed by atoms with E-state index in [2.05, 4.69) is 10.1 Å². The van der Waals surface area contributed by atoms with Gasteiger partial charge in [0, 0.05) is 16.1 Å². The normalized spacial score (nSPS) is 10.7. The van der Waals surface area contributed by atoms with Crippen molar-refractivity contribution in [3.63, 3.8) is 0 Å². The third kappa shape index (κ3) is 2.38. The monoisotopic (exact) mass is 286 g/mol. The molecule has 0 amide bonds. The summed E-state index contributed by atoms with van der Waals surface area (Å²) in [6.45, 7) is 1.92. The predicted molar refractivity (Wildman–Crippen MR) is 76.6 cm³/mol. The predicted octanol–water partition coefficient (Wildman–Crippen LogP) is 4.07. The number of hydrogen-bond acceptors (Lipinski definition) is 4. The molecule has 100 valence electrons. The van der Waals surface area contributed by atoms with Crippen molar-refractivity contribution in [2.75, 3.05) is 0 Å². The summed E-state index contributed by atoms with van der Waals surface area (Å²) in [5, 5.41) is 13.9. The summed E-state index contributed by atoms with van der Waals surface area (Å²) < 4.78 is 5.26. The summed E-state index contributed by atoms with van der Waals surface area (Å²) >= 11 is 5.99. The van der Waals surface area contributed by atoms with Crippen LogP contribution in [0.1, 0.15) is 5.56 Å². The SMILES string of the molecule is Cc1cc(-c2nc(-c3ccc(O)cc3)no2)ccc1Cl. The van der Waals surface area contributed by atoms with Crippen molar-refractivity contribution >= 4 is 11.6 Å². The minimum atomic E-state index is 0.200. The summed E-state index contributed by atoms with van der Waals surface area (Å²) in [5.41, 5.74) is 2.56. The van der Waals surface area contributed by atoms with Gasteiger partial charge in [0.1, 0.15) is 5.75 Å². The fraction of sp³-hybridized carbons (Fsp3) is 0.0667. The van der Waals surface area contributed by atoms with Crippen molar-refractivity contribution in [2.24, 2.45) is 0 Å². The van der Waals surface area contributed by atoms with Crippen LogP contribution in [0.15, 0.2) is 47.0 Å². The molecule has 0 aliphatic carbocycles. The van der Waals surface area contributed by atoms with Crippen LogP contribution in [0.2, 0.25) is 5.02 Å². The van der Waals surface area contributed by atoms with E-state index in [0.717, 1.165) is 16.7 Å². The van der Waals surface area contributed by atoms with E-state index in [-0.39, 0.29) is 5.75 Å². The van der Waals surface area contributed by atoms with Crippen LogP contribution in [0.4, 0.5) is 0 Å². The van der Waals surface area contributed by atoms with Crippen LogP contribution in [0.3, 0.4) is 0 Å². The average molecular weight is 287 g/mol. The highest BCUT2D eigenvalue weighted by Gasteiger charge is 2.11. The number of rotatable bonds is 2. The molecule has 1 heterocycles. The van der Waals surface area contributed by atoms with E-state index in [9.17, 15) is 5.11 Å². The average Bonchev–Trinajstić information content (AvgIpc) is 2.92. The number of hydrogen-bond donors (Lipinski definition) is 1. The Labute approximate surface area is 120 Å². The molecule has 0 saturated heterocycles. The van der Waals surface area contributed by atoms with E-state index in [0.29, 0.717) is 16.7 Å². The summed E-state index contributed by atoms with van der Waals surface area (Å²) in [6.07, 6.45) is 0. The van der Waals surface area contributed by atoms with Crippen LogP contribution < -0.4 is 0 Å². The van der Waals surface area contributed by atoms with Crippen molar-refractivity contribution in [1.29, 1.82) is 0 Å². The summed E-state index contributed by atoms with van der Waals surface area (Å²) in [6, 6.07) is 12.2. The van der Waals surface area contributed by atoms with Crippen molar-refractivity contribution in [2.45, 2.75) is 6.92 Å². The largest absolute Gasteiger partial charge is 0.508 e. The molecular formula is C15H11ClN2O2. The van der Waals surface area contributed by atoms with Crippen LogP contribution in [0.5, 0.6) is 5.75 Å². The molecule has 3 aromatic rings. The van der Waals surface area contributed by atoms with Crippen molar-refractivity contribution in [3.8, 4) is 28.6 Å². The fourth-order valence-electron chi connectivity index (χ4n) is 1.85. The number of aromatic nitrogens is 2. The van der Waals surface area contributed by atoms with E-state index in [4.69, 9.17) is 16.1 Å². The van der Waals surface area contributed by atoms with E-state index in [1.54, 1.807) is 30.3 Å². The van der Waals surface area contributed by atoms with Gasteiger partial charge >= 0.3 is 0 Å². The zero-order valence-electron chi connectivity index (χ0n) is 10.7. The van der Waals surface area contributed by atoms with Gasteiger partial charge in [-0.05, 0) is 55.0 Å². The number of aryl methyl sites for hydroxylation is 1. The third-order valence-electron chi connectivity index (χ3n) is 2.96. The van der Waals surface area contributed by atoms with Gasteiger partial charge in [0.2, 0.25) is 5.82 Å². The topological polar surface area (TPSA) is 59.2 Å². The summed E-state index contributed by atoms with van der Waals surface area (Å²) in [7, 11) is 0. The Morgan fingerprint density at radius 1 is 1.05 bits per heavy atom. The minimum Gasteiger partial charge on any atom is -0.508 e. The maximum absolute atomic E-state index is 9.27. The highest BCUT2D eigenvalue weighted by Crippen LogP contribution is 2.26. The number of phenols is 1. The molecule has 0 atom stereocenters. The zero-order chi connectivity index (χ0) is 14.1. The van der Waals surface area contributed by atoms with Crippen LogP contribution in [-0.2, 0) is 0 Å². The van der Waals surface area contributed by atoms with Gasteiger partial charge in [-0.25, -0.2) is 0 Å². The van der Waals surface area contributed by atoms with Gasteiger partial charge in [-0.2, -0.15) is 4.98 Å². The Morgan fingerprint density at radius 2 is 1.75 bits per heavy atom. The van der Waals surface area contributed by atoms with Gasteiger partial charge in [-0.15, -0.1) is 0 Å². The number of phenolic OH excluding ortho intramolecular Hbond substituents is 1. The molecule has 20 heavy (non-hydrogen) atoms. The Hall–Kier alpha value is -2.33. The first kappa shape index (κ1) is 12.7.